The van der Waals surface area contributed by atoms with Gasteiger partial charge in [0, 0.05) is 5.41 Å². The van der Waals surface area contributed by atoms with Crippen LogP contribution in [0.4, 0.5) is 13.2 Å². The largest absolute Gasteiger partial charge is 0.297 e. The van der Waals surface area contributed by atoms with Gasteiger partial charge in [0.25, 0.3) is 16.0 Å². The highest BCUT2D eigenvalue weighted by Gasteiger charge is 2.75. The van der Waals surface area contributed by atoms with E-state index in [1.165, 1.54) is 37.8 Å². The molecule has 0 N–H and O–H groups in total. The van der Waals surface area contributed by atoms with E-state index in [4.69, 9.17) is 4.18 Å². The molecule has 5 saturated carbocycles. The van der Waals surface area contributed by atoms with E-state index < -0.39 is 33.2 Å². The molecule has 5 aliphatic carbocycles. The van der Waals surface area contributed by atoms with E-state index in [0.717, 1.165) is 37.2 Å². The Morgan fingerprint density at radius 3 is 1.89 bits per heavy atom. The second kappa shape index (κ2) is 9.04. The summed E-state index contributed by atoms with van der Waals surface area (Å²) in [6.07, 6.45) is 6.10. The molecule has 0 spiro atoms. The first-order valence-electron chi connectivity index (χ1n) is 13.5. The van der Waals surface area contributed by atoms with Crippen LogP contribution < -0.4 is 0 Å². The van der Waals surface area contributed by atoms with Gasteiger partial charge >= 0.3 is 0 Å². The molecule has 0 heterocycles. The minimum absolute atomic E-state index is 0.0231. The normalized spacial score (nSPS) is 41.6. The summed E-state index contributed by atoms with van der Waals surface area (Å²) in [5, 5.41) is 0. The average molecular weight is 513 g/mol. The van der Waals surface area contributed by atoms with Crippen LogP contribution in [0.25, 0.3) is 0 Å². The van der Waals surface area contributed by atoms with Gasteiger partial charge in [0.1, 0.15) is 5.60 Å². The van der Waals surface area contributed by atoms with Crippen LogP contribution in [0.2, 0.25) is 0 Å². The van der Waals surface area contributed by atoms with Crippen LogP contribution in [0.5, 0.6) is 0 Å². The SMILES string of the molecule is Cc1ccc(S(=O)(=O)OC23CCC(C4CCC(C5CCC(C)CC5)CC4)(CC2)C(F)(F)C3F)cc1. The lowest BCUT2D eigenvalue weighted by Gasteiger charge is -2.61. The molecule has 1 aromatic carbocycles. The second-order valence-electron chi connectivity index (χ2n) is 12.2. The van der Waals surface area contributed by atoms with Crippen LogP contribution in [0.1, 0.15) is 89.5 Å². The topological polar surface area (TPSA) is 43.4 Å². The van der Waals surface area contributed by atoms with Crippen LogP contribution >= 0.6 is 0 Å². The van der Waals surface area contributed by atoms with Crippen molar-refractivity contribution in [1.29, 1.82) is 0 Å². The molecule has 3 nitrogen and oxygen atoms in total. The zero-order valence-electron chi connectivity index (χ0n) is 20.9. The highest BCUT2D eigenvalue weighted by atomic mass is 32.2. The average Bonchev–Trinajstić information content (AvgIpc) is 2.84. The van der Waals surface area contributed by atoms with Crippen molar-refractivity contribution in [2.45, 2.75) is 113 Å². The monoisotopic (exact) mass is 512 g/mol. The Labute approximate surface area is 208 Å². The third-order valence-corrected chi connectivity index (χ3v) is 11.7. The van der Waals surface area contributed by atoms with Crippen molar-refractivity contribution in [2.75, 3.05) is 0 Å². The fraction of sp³-hybridized carbons (Fsp3) is 0.786. The number of benzene rings is 1. The van der Waals surface area contributed by atoms with Crippen molar-refractivity contribution < 1.29 is 25.8 Å². The van der Waals surface area contributed by atoms with Crippen LogP contribution in [0, 0.1) is 36.0 Å². The molecule has 0 saturated heterocycles. The molecule has 0 aromatic heterocycles. The van der Waals surface area contributed by atoms with E-state index in [-0.39, 0.29) is 36.5 Å². The predicted molar refractivity (Wildman–Crippen MR) is 129 cm³/mol. The number of alkyl halides is 3. The maximum Gasteiger partial charge on any atom is 0.297 e. The van der Waals surface area contributed by atoms with E-state index in [1.807, 2.05) is 6.92 Å². The van der Waals surface area contributed by atoms with Crippen LogP contribution in [-0.2, 0) is 14.3 Å². The van der Waals surface area contributed by atoms with Crippen molar-refractivity contribution in [3.8, 4) is 0 Å². The Hall–Kier alpha value is -1.08. The Morgan fingerprint density at radius 1 is 0.829 bits per heavy atom. The lowest BCUT2D eigenvalue weighted by atomic mass is 9.48. The summed E-state index contributed by atoms with van der Waals surface area (Å²) in [6.45, 7) is 4.13. The lowest BCUT2D eigenvalue weighted by Crippen LogP contribution is -2.70. The van der Waals surface area contributed by atoms with E-state index in [1.54, 1.807) is 12.1 Å². The summed E-state index contributed by atoms with van der Waals surface area (Å²) in [5.41, 5.74) is -2.49. The molecule has 6 rings (SSSR count). The summed E-state index contributed by atoms with van der Waals surface area (Å²) in [4.78, 5) is -0.120. The van der Waals surface area contributed by atoms with Gasteiger partial charge < -0.3 is 0 Å². The van der Waals surface area contributed by atoms with Gasteiger partial charge in [-0.05, 0) is 107 Å². The lowest BCUT2D eigenvalue weighted by molar-refractivity contribution is -0.299. The number of rotatable bonds is 5. The molecular weight excluding hydrogens is 473 g/mol. The molecule has 1 aromatic rings. The summed E-state index contributed by atoms with van der Waals surface area (Å²) in [6, 6.07) is 6.00. The number of halogens is 3. The quantitative estimate of drug-likeness (QED) is 0.381. The van der Waals surface area contributed by atoms with Gasteiger partial charge in [-0.1, -0.05) is 37.5 Å². The van der Waals surface area contributed by atoms with Crippen molar-refractivity contribution in [3.63, 3.8) is 0 Å². The van der Waals surface area contributed by atoms with E-state index >= 15 is 13.2 Å². The zero-order valence-corrected chi connectivity index (χ0v) is 21.8. The number of hydrogen-bond donors (Lipinski definition) is 0. The van der Waals surface area contributed by atoms with Gasteiger partial charge in [0.2, 0.25) is 0 Å². The molecule has 1 atom stereocenters. The summed E-state index contributed by atoms with van der Waals surface area (Å²) in [7, 11) is -4.35. The third kappa shape index (κ3) is 4.26. The van der Waals surface area contributed by atoms with Gasteiger partial charge in [0.05, 0.1) is 4.90 Å². The minimum atomic E-state index is -4.35. The Balaban J connectivity index is 1.30. The maximum absolute atomic E-state index is 15.9. The van der Waals surface area contributed by atoms with E-state index in [0.29, 0.717) is 11.8 Å². The fourth-order valence-electron chi connectivity index (χ4n) is 7.97. The van der Waals surface area contributed by atoms with Crippen molar-refractivity contribution in [1.82, 2.24) is 0 Å². The smallest absolute Gasteiger partial charge is 0.256 e. The molecule has 0 radical (unpaired) electrons. The molecule has 1 unspecified atom stereocenters. The van der Waals surface area contributed by atoms with Gasteiger partial charge in [-0.2, -0.15) is 8.42 Å². The zero-order chi connectivity index (χ0) is 25.1. The van der Waals surface area contributed by atoms with Gasteiger partial charge in [-0.15, -0.1) is 0 Å². The summed E-state index contributed by atoms with van der Waals surface area (Å²) in [5.74, 6) is -1.68. The first-order valence-corrected chi connectivity index (χ1v) is 14.9. The van der Waals surface area contributed by atoms with Gasteiger partial charge in [-0.25, -0.2) is 13.2 Å². The molecule has 5 fully saturated rings. The van der Waals surface area contributed by atoms with Gasteiger partial charge in [0.15, 0.2) is 6.17 Å². The van der Waals surface area contributed by atoms with Crippen molar-refractivity contribution in [3.05, 3.63) is 29.8 Å². The first kappa shape index (κ1) is 25.6. The maximum atomic E-state index is 15.9. The highest BCUT2D eigenvalue weighted by Crippen LogP contribution is 2.67. The molecule has 7 heteroatoms. The number of aryl methyl sites for hydroxylation is 1. The molecule has 0 amide bonds. The molecular formula is C28H39F3O3S. The summed E-state index contributed by atoms with van der Waals surface area (Å²) < 4.78 is 78.6. The van der Waals surface area contributed by atoms with Crippen LogP contribution in [0.3, 0.4) is 0 Å². The Morgan fingerprint density at radius 2 is 1.34 bits per heavy atom. The predicted octanol–water partition coefficient (Wildman–Crippen LogP) is 7.62. The standard InChI is InChI=1S/C28H39F3O3S/c1-19-3-7-21(8-4-19)22-9-11-23(12-10-22)26-15-17-27(18-16-26,25(29)28(26,30)31)34-35(32,33)24-13-5-20(2)6-14-24/h5-6,13-14,19,21-23,25H,3-4,7-12,15-18H2,1-2H3. The minimum Gasteiger partial charge on any atom is -0.256 e. The van der Waals surface area contributed by atoms with E-state index in [2.05, 4.69) is 6.92 Å². The summed E-state index contributed by atoms with van der Waals surface area (Å²) >= 11 is 0. The third-order valence-electron chi connectivity index (χ3n) is 10.3. The molecule has 35 heavy (non-hydrogen) atoms. The van der Waals surface area contributed by atoms with Crippen LogP contribution in [0.15, 0.2) is 29.2 Å². The van der Waals surface area contributed by atoms with Crippen molar-refractivity contribution in [2.24, 2.45) is 29.1 Å². The molecule has 2 bridgehead atoms. The molecule has 196 valence electrons. The van der Waals surface area contributed by atoms with Gasteiger partial charge in [-0.3, -0.25) is 4.18 Å². The first-order chi connectivity index (χ1) is 16.5. The number of fused-ring (bicyclic) bond motifs is 3. The van der Waals surface area contributed by atoms with Crippen LogP contribution in [-0.4, -0.2) is 26.1 Å². The Bertz CT molecular complexity index is 998. The second-order valence-corrected chi connectivity index (χ2v) is 13.7. The van der Waals surface area contributed by atoms with E-state index in [9.17, 15) is 8.42 Å². The fourth-order valence-corrected chi connectivity index (χ4v) is 9.22. The Kier molecular flexibility index (Phi) is 6.60. The molecule has 5 aliphatic rings. The molecule has 0 aliphatic heterocycles. The number of hydrogen-bond acceptors (Lipinski definition) is 3. The highest BCUT2D eigenvalue weighted by molar-refractivity contribution is 7.86. The van der Waals surface area contributed by atoms with Crippen molar-refractivity contribution >= 4 is 10.1 Å².